The second-order valence-electron chi connectivity index (χ2n) is 5.75. The maximum atomic E-state index is 12.6. The van der Waals surface area contributed by atoms with Crippen molar-refractivity contribution in [3.63, 3.8) is 0 Å². The van der Waals surface area contributed by atoms with Crippen molar-refractivity contribution in [1.29, 1.82) is 0 Å². The van der Waals surface area contributed by atoms with Gasteiger partial charge in [-0.3, -0.25) is 4.79 Å². The lowest BCUT2D eigenvalue weighted by Gasteiger charge is -2.29. The van der Waals surface area contributed by atoms with E-state index in [9.17, 15) is 22.8 Å². The van der Waals surface area contributed by atoms with Gasteiger partial charge in [0, 0.05) is 0 Å². The van der Waals surface area contributed by atoms with Gasteiger partial charge >= 0.3 is 12.1 Å². The zero-order valence-corrected chi connectivity index (χ0v) is 13.4. The predicted octanol–water partition coefficient (Wildman–Crippen LogP) is 3.37. The first-order valence-corrected chi connectivity index (χ1v) is 7.72. The van der Waals surface area contributed by atoms with Crippen molar-refractivity contribution in [2.75, 3.05) is 18.1 Å². The molecule has 8 heteroatoms. The highest BCUT2D eigenvalue weighted by Crippen LogP contribution is 2.33. The van der Waals surface area contributed by atoms with Crippen LogP contribution in [0.25, 0.3) is 0 Å². The first-order valence-electron chi connectivity index (χ1n) is 7.72. The molecule has 2 aromatic carbocycles. The molecule has 0 atom stereocenters. The van der Waals surface area contributed by atoms with E-state index >= 15 is 0 Å². The first-order chi connectivity index (χ1) is 12.3. The number of hydrogen-bond acceptors (Lipinski definition) is 3. The zero-order chi connectivity index (χ0) is 18.9. The topological polar surface area (TPSA) is 66.8 Å². The molecular formula is C18H14F3NO4. The summed E-state index contributed by atoms with van der Waals surface area (Å²) in [5.74, 6) is -1.13. The Morgan fingerprint density at radius 3 is 2.42 bits per heavy atom. The summed E-state index contributed by atoms with van der Waals surface area (Å²) < 4.78 is 43.2. The Labute approximate surface area is 146 Å². The van der Waals surface area contributed by atoms with Crippen LogP contribution in [0.5, 0.6) is 5.75 Å². The molecule has 26 heavy (non-hydrogen) atoms. The molecule has 5 nitrogen and oxygen atoms in total. The molecule has 3 rings (SSSR count). The summed E-state index contributed by atoms with van der Waals surface area (Å²) in [6, 6.07) is 8.63. The Balaban J connectivity index is 1.78. The van der Waals surface area contributed by atoms with Gasteiger partial charge in [-0.05, 0) is 35.9 Å². The lowest BCUT2D eigenvalue weighted by atomic mass is 10.1. The largest absolute Gasteiger partial charge is 0.490 e. The molecule has 0 fully saturated rings. The average Bonchev–Trinajstić information content (AvgIpc) is 2.60. The number of ether oxygens (including phenoxy) is 1. The lowest BCUT2D eigenvalue weighted by molar-refractivity contribution is -0.137. The molecule has 1 amide bonds. The summed E-state index contributed by atoms with van der Waals surface area (Å²) in [7, 11) is 0. The molecule has 1 N–H and O–H groups in total. The molecule has 1 heterocycles. The smallest absolute Gasteiger partial charge is 0.416 e. The number of fused-ring (bicyclic) bond motifs is 1. The van der Waals surface area contributed by atoms with Crippen LogP contribution in [0.15, 0.2) is 42.5 Å². The summed E-state index contributed by atoms with van der Waals surface area (Å²) in [4.78, 5) is 25.0. The molecule has 0 unspecified atom stereocenters. The molecule has 0 radical (unpaired) electrons. The van der Waals surface area contributed by atoms with Gasteiger partial charge in [0.05, 0.1) is 29.8 Å². The SMILES string of the molecule is O=C(O)c1ccc2c(c1)OCCN2C(=O)Cc1ccc(C(F)(F)F)cc1. The van der Waals surface area contributed by atoms with E-state index in [1.165, 1.54) is 35.2 Å². The molecular weight excluding hydrogens is 351 g/mol. The Morgan fingerprint density at radius 2 is 1.81 bits per heavy atom. The lowest BCUT2D eigenvalue weighted by Crippen LogP contribution is -2.39. The summed E-state index contributed by atoms with van der Waals surface area (Å²) >= 11 is 0. The highest BCUT2D eigenvalue weighted by molar-refractivity contribution is 5.98. The summed E-state index contributed by atoms with van der Waals surface area (Å²) in [6.07, 6.45) is -4.49. The fraction of sp³-hybridized carbons (Fsp3) is 0.222. The van der Waals surface area contributed by atoms with E-state index in [0.29, 0.717) is 11.3 Å². The minimum Gasteiger partial charge on any atom is -0.490 e. The number of alkyl halides is 3. The van der Waals surface area contributed by atoms with E-state index in [2.05, 4.69) is 0 Å². The highest BCUT2D eigenvalue weighted by atomic mass is 19.4. The predicted molar refractivity (Wildman–Crippen MR) is 86.4 cm³/mol. The minimum atomic E-state index is -4.42. The van der Waals surface area contributed by atoms with Crippen LogP contribution in [-0.4, -0.2) is 30.1 Å². The normalized spacial score (nSPS) is 13.7. The molecule has 1 aliphatic rings. The van der Waals surface area contributed by atoms with E-state index in [-0.39, 0.29) is 36.8 Å². The number of benzene rings is 2. The Morgan fingerprint density at radius 1 is 1.12 bits per heavy atom. The number of amides is 1. The maximum absolute atomic E-state index is 12.6. The van der Waals surface area contributed by atoms with Gasteiger partial charge < -0.3 is 14.7 Å². The number of rotatable bonds is 3. The third-order valence-corrected chi connectivity index (χ3v) is 4.01. The van der Waals surface area contributed by atoms with Crippen LogP contribution >= 0.6 is 0 Å². The van der Waals surface area contributed by atoms with Gasteiger partial charge in [-0.25, -0.2) is 4.79 Å². The first kappa shape index (κ1) is 17.8. The molecule has 0 spiro atoms. The van der Waals surface area contributed by atoms with Crippen molar-refractivity contribution >= 4 is 17.6 Å². The molecule has 0 saturated heterocycles. The monoisotopic (exact) mass is 365 g/mol. The van der Waals surface area contributed by atoms with Gasteiger partial charge in [0.1, 0.15) is 12.4 Å². The molecule has 0 bridgehead atoms. The van der Waals surface area contributed by atoms with Crippen LogP contribution in [0, 0.1) is 0 Å². The van der Waals surface area contributed by atoms with Crippen LogP contribution < -0.4 is 9.64 Å². The van der Waals surface area contributed by atoms with Gasteiger partial charge in [-0.2, -0.15) is 13.2 Å². The number of carbonyl (C=O) groups is 2. The zero-order valence-electron chi connectivity index (χ0n) is 13.4. The molecule has 0 saturated carbocycles. The minimum absolute atomic E-state index is 0.0424. The van der Waals surface area contributed by atoms with Crippen LogP contribution in [0.3, 0.4) is 0 Å². The van der Waals surface area contributed by atoms with Crippen molar-refractivity contribution < 1.29 is 32.6 Å². The van der Waals surface area contributed by atoms with Gasteiger partial charge in [-0.1, -0.05) is 12.1 Å². The second-order valence-corrected chi connectivity index (χ2v) is 5.75. The molecule has 0 aromatic heterocycles. The van der Waals surface area contributed by atoms with Crippen molar-refractivity contribution in [3.8, 4) is 5.75 Å². The summed E-state index contributed by atoms with van der Waals surface area (Å²) in [5.41, 5.74) is 0.170. The number of hydrogen-bond donors (Lipinski definition) is 1. The second kappa shape index (κ2) is 6.70. The summed E-state index contributed by atoms with van der Waals surface area (Å²) in [5, 5.41) is 9.02. The van der Waals surface area contributed by atoms with Crippen molar-refractivity contribution in [3.05, 3.63) is 59.2 Å². The van der Waals surface area contributed by atoms with Gasteiger partial charge in [0.2, 0.25) is 5.91 Å². The van der Waals surface area contributed by atoms with E-state index in [1.807, 2.05) is 0 Å². The molecule has 0 aliphatic carbocycles. The Kier molecular flexibility index (Phi) is 4.58. The number of anilines is 1. The van der Waals surface area contributed by atoms with E-state index in [1.54, 1.807) is 0 Å². The van der Waals surface area contributed by atoms with Crippen molar-refractivity contribution in [1.82, 2.24) is 0 Å². The average molecular weight is 365 g/mol. The van der Waals surface area contributed by atoms with Crippen LogP contribution in [0.1, 0.15) is 21.5 Å². The third kappa shape index (κ3) is 3.63. The van der Waals surface area contributed by atoms with Crippen molar-refractivity contribution in [2.45, 2.75) is 12.6 Å². The van der Waals surface area contributed by atoms with E-state index in [0.717, 1.165) is 12.1 Å². The third-order valence-electron chi connectivity index (χ3n) is 4.01. The molecule has 1 aliphatic heterocycles. The van der Waals surface area contributed by atoms with Crippen LogP contribution in [0.2, 0.25) is 0 Å². The van der Waals surface area contributed by atoms with E-state index < -0.39 is 17.7 Å². The fourth-order valence-electron chi connectivity index (χ4n) is 2.69. The highest BCUT2D eigenvalue weighted by Gasteiger charge is 2.30. The quantitative estimate of drug-likeness (QED) is 0.906. The number of carboxylic acids is 1. The van der Waals surface area contributed by atoms with E-state index in [4.69, 9.17) is 9.84 Å². The summed E-state index contributed by atoms with van der Waals surface area (Å²) in [6.45, 7) is 0.480. The Bertz CT molecular complexity index is 847. The molecule has 2 aromatic rings. The Hall–Kier alpha value is -3.03. The molecule has 136 valence electrons. The van der Waals surface area contributed by atoms with Gasteiger partial charge in [-0.15, -0.1) is 0 Å². The van der Waals surface area contributed by atoms with Gasteiger partial charge in [0.25, 0.3) is 0 Å². The number of aromatic carboxylic acids is 1. The van der Waals surface area contributed by atoms with Crippen LogP contribution in [0.4, 0.5) is 18.9 Å². The fourth-order valence-corrected chi connectivity index (χ4v) is 2.69. The number of carboxylic acid groups (broad SMARTS) is 1. The standard InChI is InChI=1S/C18H14F3NO4/c19-18(20,21)13-4-1-11(2-5-13)9-16(23)22-7-8-26-15-10-12(17(24)25)3-6-14(15)22/h1-6,10H,7-9H2,(H,24,25). The van der Waals surface area contributed by atoms with Gasteiger partial charge in [0.15, 0.2) is 0 Å². The number of halogens is 3. The van der Waals surface area contributed by atoms with Crippen molar-refractivity contribution in [2.24, 2.45) is 0 Å². The number of nitrogens with zero attached hydrogens (tertiary/aromatic N) is 1. The maximum Gasteiger partial charge on any atom is 0.416 e. The number of carbonyl (C=O) groups excluding carboxylic acids is 1. The van der Waals surface area contributed by atoms with Crippen LogP contribution in [-0.2, 0) is 17.4 Å².